The summed E-state index contributed by atoms with van der Waals surface area (Å²) in [7, 11) is 4.81. The normalized spacial score (nSPS) is 10.3. The molecule has 0 bridgehead atoms. The molecule has 0 saturated heterocycles. The van der Waals surface area contributed by atoms with Gasteiger partial charge in [0.15, 0.2) is 11.5 Å². The van der Waals surface area contributed by atoms with E-state index in [9.17, 15) is 9.18 Å². The van der Waals surface area contributed by atoms with Crippen molar-refractivity contribution in [3.63, 3.8) is 0 Å². The van der Waals surface area contributed by atoms with E-state index in [1.807, 2.05) is 18.2 Å². The summed E-state index contributed by atoms with van der Waals surface area (Å²) in [6.07, 6.45) is 0.563. The predicted molar refractivity (Wildman–Crippen MR) is 102 cm³/mol. The SMILES string of the molecule is C=C(CCN(C)C(=O)c1ccc(Cl)c(F)c1)c1ccc(OC)c(OC)c1. The van der Waals surface area contributed by atoms with Crippen LogP contribution in [0.3, 0.4) is 0 Å². The van der Waals surface area contributed by atoms with Gasteiger partial charge < -0.3 is 14.4 Å². The third kappa shape index (κ3) is 4.55. The minimum Gasteiger partial charge on any atom is -0.493 e. The summed E-state index contributed by atoms with van der Waals surface area (Å²) in [6, 6.07) is 9.57. The third-order valence-electron chi connectivity index (χ3n) is 4.05. The number of carbonyl (C=O) groups is 1. The van der Waals surface area contributed by atoms with Gasteiger partial charge >= 0.3 is 0 Å². The maximum absolute atomic E-state index is 13.5. The van der Waals surface area contributed by atoms with Crippen molar-refractivity contribution in [1.82, 2.24) is 4.90 Å². The molecule has 0 atom stereocenters. The van der Waals surface area contributed by atoms with Gasteiger partial charge in [-0.15, -0.1) is 0 Å². The molecule has 0 spiro atoms. The molecule has 6 heteroatoms. The number of ether oxygens (including phenoxy) is 2. The Balaban J connectivity index is 2.02. The zero-order chi connectivity index (χ0) is 19.3. The van der Waals surface area contributed by atoms with Crippen molar-refractivity contribution in [1.29, 1.82) is 0 Å². The first-order valence-corrected chi connectivity index (χ1v) is 8.36. The highest BCUT2D eigenvalue weighted by atomic mass is 35.5. The first-order valence-electron chi connectivity index (χ1n) is 7.98. The molecule has 2 aromatic carbocycles. The zero-order valence-corrected chi connectivity index (χ0v) is 15.8. The van der Waals surface area contributed by atoms with E-state index >= 15 is 0 Å². The van der Waals surface area contributed by atoms with Crippen LogP contribution >= 0.6 is 11.6 Å². The van der Waals surface area contributed by atoms with Gasteiger partial charge in [0.05, 0.1) is 19.2 Å². The Labute approximate surface area is 157 Å². The summed E-state index contributed by atoms with van der Waals surface area (Å²) in [6.45, 7) is 4.51. The molecule has 138 valence electrons. The smallest absolute Gasteiger partial charge is 0.253 e. The van der Waals surface area contributed by atoms with E-state index < -0.39 is 5.82 Å². The molecule has 26 heavy (non-hydrogen) atoms. The van der Waals surface area contributed by atoms with Crippen LogP contribution in [0.2, 0.25) is 5.02 Å². The molecule has 2 rings (SSSR count). The van der Waals surface area contributed by atoms with Gasteiger partial charge in [-0.25, -0.2) is 4.39 Å². The van der Waals surface area contributed by atoms with Crippen LogP contribution in [-0.2, 0) is 0 Å². The Bertz CT molecular complexity index is 823. The Morgan fingerprint density at radius 1 is 1.12 bits per heavy atom. The Hall–Kier alpha value is -2.53. The predicted octanol–water partition coefficient (Wildman–Crippen LogP) is 4.67. The second-order valence-electron chi connectivity index (χ2n) is 5.78. The van der Waals surface area contributed by atoms with Gasteiger partial charge in [0, 0.05) is 19.2 Å². The number of rotatable bonds is 7. The molecular formula is C20H21ClFNO3. The molecule has 0 radical (unpaired) electrons. The molecule has 0 unspecified atom stereocenters. The van der Waals surface area contributed by atoms with Crippen molar-refractivity contribution in [2.24, 2.45) is 0 Å². The lowest BCUT2D eigenvalue weighted by molar-refractivity contribution is 0.0797. The standard InChI is InChI=1S/C20H21ClFNO3/c1-13(14-6-8-18(25-3)19(12-14)26-4)9-10-23(2)20(24)15-5-7-16(21)17(22)11-15/h5-8,11-12H,1,9-10H2,2-4H3. The molecule has 0 N–H and O–H groups in total. The fourth-order valence-electron chi connectivity index (χ4n) is 2.45. The number of halogens is 2. The highest BCUT2D eigenvalue weighted by molar-refractivity contribution is 6.30. The summed E-state index contributed by atoms with van der Waals surface area (Å²) in [5.74, 6) is 0.370. The Kier molecular flexibility index (Phi) is 6.64. The molecular weight excluding hydrogens is 357 g/mol. The number of amides is 1. The molecule has 2 aromatic rings. The maximum Gasteiger partial charge on any atom is 0.253 e. The summed E-state index contributed by atoms with van der Waals surface area (Å²) in [5, 5.41) is -0.00830. The highest BCUT2D eigenvalue weighted by Gasteiger charge is 2.14. The molecule has 0 saturated carbocycles. The van der Waals surface area contributed by atoms with Crippen molar-refractivity contribution >= 4 is 23.1 Å². The van der Waals surface area contributed by atoms with Crippen LogP contribution in [0.25, 0.3) is 5.57 Å². The quantitative estimate of drug-likeness (QED) is 0.703. The molecule has 0 aliphatic heterocycles. The van der Waals surface area contributed by atoms with Crippen molar-refractivity contribution in [2.45, 2.75) is 6.42 Å². The highest BCUT2D eigenvalue weighted by Crippen LogP contribution is 2.30. The lowest BCUT2D eigenvalue weighted by Crippen LogP contribution is -2.28. The van der Waals surface area contributed by atoms with Crippen LogP contribution < -0.4 is 9.47 Å². The van der Waals surface area contributed by atoms with Crippen LogP contribution in [0.1, 0.15) is 22.3 Å². The molecule has 0 aromatic heterocycles. The number of nitrogens with zero attached hydrogens (tertiary/aromatic N) is 1. The van der Waals surface area contributed by atoms with E-state index in [1.165, 1.54) is 17.0 Å². The van der Waals surface area contributed by atoms with Gasteiger partial charge in [0.25, 0.3) is 5.91 Å². The summed E-state index contributed by atoms with van der Waals surface area (Å²) < 4.78 is 24.0. The average molecular weight is 378 g/mol. The monoisotopic (exact) mass is 377 g/mol. The zero-order valence-electron chi connectivity index (χ0n) is 15.0. The molecule has 0 fully saturated rings. The van der Waals surface area contributed by atoms with Crippen LogP contribution in [-0.4, -0.2) is 38.6 Å². The summed E-state index contributed by atoms with van der Waals surface area (Å²) in [5.41, 5.74) is 2.01. The van der Waals surface area contributed by atoms with Gasteiger partial charge in [0.2, 0.25) is 0 Å². The van der Waals surface area contributed by atoms with E-state index in [0.717, 1.165) is 17.2 Å². The van der Waals surface area contributed by atoms with Crippen molar-refractivity contribution in [2.75, 3.05) is 27.8 Å². The molecule has 0 aliphatic rings. The summed E-state index contributed by atoms with van der Waals surface area (Å²) >= 11 is 5.65. The number of methoxy groups -OCH3 is 2. The van der Waals surface area contributed by atoms with Gasteiger partial charge in [-0.2, -0.15) is 0 Å². The molecule has 4 nitrogen and oxygen atoms in total. The fourth-order valence-corrected chi connectivity index (χ4v) is 2.57. The van der Waals surface area contributed by atoms with Crippen molar-refractivity contribution in [3.8, 4) is 11.5 Å². The average Bonchev–Trinajstić information content (AvgIpc) is 2.66. The second kappa shape index (κ2) is 8.72. The number of hydrogen-bond donors (Lipinski definition) is 0. The van der Waals surface area contributed by atoms with Crippen molar-refractivity contribution in [3.05, 3.63) is 64.9 Å². The largest absolute Gasteiger partial charge is 0.493 e. The minimum atomic E-state index is -0.611. The van der Waals surface area contributed by atoms with E-state index in [0.29, 0.717) is 24.5 Å². The lowest BCUT2D eigenvalue weighted by atomic mass is 10.0. The Morgan fingerprint density at radius 3 is 2.38 bits per heavy atom. The van der Waals surface area contributed by atoms with E-state index in [2.05, 4.69) is 6.58 Å². The van der Waals surface area contributed by atoms with Gasteiger partial charge in [-0.1, -0.05) is 24.2 Å². The van der Waals surface area contributed by atoms with E-state index in [-0.39, 0.29) is 16.5 Å². The van der Waals surface area contributed by atoms with E-state index in [1.54, 1.807) is 21.3 Å². The second-order valence-corrected chi connectivity index (χ2v) is 6.19. The fraction of sp³-hybridized carbons (Fsp3) is 0.250. The Morgan fingerprint density at radius 2 is 1.77 bits per heavy atom. The van der Waals surface area contributed by atoms with Gasteiger partial charge in [0.1, 0.15) is 5.82 Å². The van der Waals surface area contributed by atoms with Gasteiger partial charge in [-0.3, -0.25) is 4.79 Å². The van der Waals surface area contributed by atoms with Crippen molar-refractivity contribution < 1.29 is 18.7 Å². The number of benzene rings is 2. The lowest BCUT2D eigenvalue weighted by Gasteiger charge is -2.18. The van der Waals surface area contributed by atoms with Gasteiger partial charge in [-0.05, 0) is 47.9 Å². The molecule has 0 aliphatic carbocycles. The third-order valence-corrected chi connectivity index (χ3v) is 4.36. The van der Waals surface area contributed by atoms with E-state index in [4.69, 9.17) is 21.1 Å². The van der Waals surface area contributed by atoms with Crippen LogP contribution in [0.4, 0.5) is 4.39 Å². The molecule has 0 heterocycles. The van der Waals surface area contributed by atoms with Crippen LogP contribution in [0.15, 0.2) is 43.0 Å². The number of carbonyl (C=O) groups excluding carboxylic acids is 1. The number of hydrogen-bond acceptors (Lipinski definition) is 3. The minimum absolute atomic E-state index is 0.00830. The first kappa shape index (κ1) is 19.8. The first-order chi connectivity index (χ1) is 12.4. The topological polar surface area (TPSA) is 38.8 Å². The molecule has 1 amide bonds. The van der Waals surface area contributed by atoms with Crippen LogP contribution in [0.5, 0.6) is 11.5 Å². The summed E-state index contributed by atoms with van der Waals surface area (Å²) in [4.78, 5) is 13.9. The van der Waals surface area contributed by atoms with Crippen LogP contribution in [0, 0.1) is 5.82 Å². The maximum atomic E-state index is 13.5.